The van der Waals surface area contributed by atoms with Crippen LogP contribution in [-0.4, -0.2) is 70.7 Å². The first-order chi connectivity index (χ1) is 14.2. The Hall–Kier alpha value is -1.81. The van der Waals surface area contributed by atoms with Gasteiger partial charge in [0.15, 0.2) is 0 Å². The van der Waals surface area contributed by atoms with Gasteiger partial charge in [0.05, 0.1) is 12.1 Å². The van der Waals surface area contributed by atoms with Crippen LogP contribution < -0.4 is 11.1 Å². The summed E-state index contributed by atoms with van der Waals surface area (Å²) in [5.74, 6) is -2.70. The van der Waals surface area contributed by atoms with Crippen molar-refractivity contribution in [2.24, 2.45) is 5.73 Å². The van der Waals surface area contributed by atoms with Crippen LogP contribution in [-0.2, 0) is 23.4 Å². The molecule has 32 heavy (non-hydrogen) atoms. The van der Waals surface area contributed by atoms with E-state index in [1.807, 2.05) is 5.32 Å². The Kier molecular flexibility index (Phi) is 8.81. The van der Waals surface area contributed by atoms with Crippen molar-refractivity contribution in [2.45, 2.75) is 62.3 Å². The molecule has 0 radical (unpaired) electrons. The molecular weight excluding hydrogens is 491 g/mol. The second-order valence-corrected chi connectivity index (χ2v) is 7.77. The number of carbonyl (C=O) groups is 2. The Morgan fingerprint density at radius 2 is 1.62 bits per heavy atom. The summed E-state index contributed by atoms with van der Waals surface area (Å²) < 4.78 is 123. The lowest BCUT2D eigenvalue weighted by atomic mass is 9.88. The van der Waals surface area contributed by atoms with Crippen LogP contribution in [0.2, 0.25) is 0 Å². The van der Waals surface area contributed by atoms with E-state index in [1.165, 1.54) is 0 Å². The van der Waals surface area contributed by atoms with E-state index >= 15 is 0 Å². The van der Waals surface area contributed by atoms with E-state index in [9.17, 15) is 49.3 Å². The Bertz CT molecular complexity index is 764. The quantitative estimate of drug-likeness (QED) is 0.298. The van der Waals surface area contributed by atoms with E-state index in [2.05, 4.69) is 9.26 Å². The molecule has 18 heteroatoms. The largest absolute Gasteiger partial charge is 0.527 e. The van der Waals surface area contributed by atoms with Crippen LogP contribution in [0.4, 0.5) is 35.1 Å². The molecule has 1 aliphatic rings. The molecule has 6 atom stereocenters. The average molecular weight is 508 g/mol. The monoisotopic (exact) mass is 508 g/mol. The number of ether oxygens (including phenoxy) is 1. The van der Waals surface area contributed by atoms with E-state index in [1.54, 1.807) is 0 Å². The Balaban J connectivity index is 3.43. The number of amides is 1. The van der Waals surface area contributed by atoms with Crippen LogP contribution >= 0.6 is 7.82 Å². The van der Waals surface area contributed by atoms with E-state index in [0.29, 0.717) is 6.08 Å². The summed E-state index contributed by atoms with van der Waals surface area (Å²) in [6.45, 7) is 0.865. The molecule has 0 fully saturated rings. The summed E-state index contributed by atoms with van der Waals surface area (Å²) in [5.41, 5.74) is 4.84. The summed E-state index contributed by atoms with van der Waals surface area (Å²) >= 11 is 0. The van der Waals surface area contributed by atoms with Gasteiger partial charge in [-0.1, -0.05) is 0 Å². The van der Waals surface area contributed by atoms with Crippen molar-refractivity contribution >= 4 is 19.7 Å². The number of phosphoric ester groups is 1. The zero-order valence-electron chi connectivity index (χ0n) is 15.7. The number of carbonyl (C=O) groups excluding carboxylic acids is 2. The number of nitrogens with one attached hydrogen (secondary N) is 1. The second kappa shape index (κ2) is 9.99. The first-order valence-electron chi connectivity index (χ1n) is 8.34. The molecule has 1 amide bonds. The van der Waals surface area contributed by atoms with Gasteiger partial charge in [0.25, 0.3) is 0 Å². The molecule has 0 saturated heterocycles. The molecule has 1 aliphatic carbocycles. The minimum atomic E-state index is -5.99. The summed E-state index contributed by atoms with van der Waals surface area (Å²) in [5, 5.41) is 2.00. The summed E-state index contributed by atoms with van der Waals surface area (Å²) in [7, 11) is -5.43. The van der Waals surface area contributed by atoms with Crippen molar-refractivity contribution in [2.75, 3.05) is 0 Å². The lowest BCUT2D eigenvalue weighted by Gasteiger charge is -2.38. The van der Waals surface area contributed by atoms with Crippen LogP contribution in [0.15, 0.2) is 11.6 Å². The predicted octanol–water partition coefficient (Wildman–Crippen LogP) is 1.34. The molecule has 0 aromatic carbocycles. The molecule has 0 spiro atoms. The molecule has 5 unspecified atom stereocenters. The maximum Gasteiger partial charge on any atom is 0.527 e. The van der Waals surface area contributed by atoms with Crippen molar-refractivity contribution < 1.29 is 68.3 Å². The highest BCUT2D eigenvalue weighted by Crippen LogP contribution is 2.39. The van der Waals surface area contributed by atoms with Gasteiger partial charge in [-0.15, -0.1) is 0 Å². The molecule has 0 heterocycles. The fourth-order valence-corrected chi connectivity index (χ4v) is 3.03. The normalized spacial score (nSPS) is 25.4. The zero-order valence-corrected chi connectivity index (χ0v) is 16.6. The van der Waals surface area contributed by atoms with Gasteiger partial charge < -0.3 is 20.3 Å². The van der Waals surface area contributed by atoms with E-state index in [0.717, 1.165) is 6.92 Å². The summed E-state index contributed by atoms with van der Waals surface area (Å²) in [6, 6.07) is -3.19. The Morgan fingerprint density at radius 1 is 1.16 bits per heavy atom. The van der Waals surface area contributed by atoms with Crippen molar-refractivity contribution in [3.8, 4) is 0 Å². The lowest BCUT2D eigenvalue weighted by Crippen LogP contribution is -2.59. The third kappa shape index (κ3) is 7.95. The highest BCUT2D eigenvalue weighted by molar-refractivity contribution is 7.46. The van der Waals surface area contributed by atoms with Crippen molar-refractivity contribution in [1.29, 1.82) is 0 Å². The van der Waals surface area contributed by atoms with Crippen LogP contribution in [0.5, 0.6) is 0 Å². The highest BCUT2D eigenvalue weighted by Gasteiger charge is 2.58. The van der Waals surface area contributed by atoms with Gasteiger partial charge in [0, 0.05) is 18.5 Å². The molecule has 0 aliphatic heterocycles. The molecule has 186 valence electrons. The number of halogens is 8. The number of rotatable bonds is 7. The molecule has 0 saturated carbocycles. The SMILES string of the molecule is CC(=O)NC1C(N)CC(C(=O)OP(=O)(O)O)=CC1OC(C(F)C(F)(F)F)[C@@H](F)C(F)(F)F. The van der Waals surface area contributed by atoms with Crippen molar-refractivity contribution in [3.05, 3.63) is 11.6 Å². The first kappa shape index (κ1) is 28.2. The van der Waals surface area contributed by atoms with Crippen LogP contribution in [0, 0.1) is 0 Å². The molecule has 9 nitrogen and oxygen atoms in total. The van der Waals surface area contributed by atoms with E-state index in [-0.39, 0.29) is 0 Å². The molecule has 5 N–H and O–H groups in total. The van der Waals surface area contributed by atoms with Crippen LogP contribution in [0.1, 0.15) is 13.3 Å². The van der Waals surface area contributed by atoms with Crippen molar-refractivity contribution in [1.82, 2.24) is 5.32 Å². The minimum absolute atomic E-state index is 0.404. The molecular formula is C14H17F8N2O7P. The molecule has 1 rings (SSSR count). The maximum atomic E-state index is 13.8. The molecule has 0 bridgehead atoms. The third-order valence-corrected chi connectivity index (χ3v) is 4.39. The van der Waals surface area contributed by atoms with Gasteiger partial charge in [-0.25, -0.2) is 18.1 Å². The number of alkyl halides is 8. The maximum absolute atomic E-state index is 13.8. The standard InChI is InChI=1S/C14H17F8N2O7P/c1-4(25)24-8-6(23)2-5(12(26)31-32(27,28)29)3-7(8)30-9(10(15)13(17,18)19)11(16)14(20,21)22/h3,6-11H,2,23H2,1H3,(H,24,25)(H2,27,28,29)/t6?,7?,8?,9?,10-,11?/m1/s1. The smallest absolute Gasteiger partial charge is 0.367 e. The zero-order chi connectivity index (χ0) is 25.2. The third-order valence-electron chi connectivity index (χ3n) is 3.99. The van der Waals surface area contributed by atoms with Gasteiger partial charge in [-0.3, -0.25) is 14.6 Å². The number of nitrogens with two attached hydrogens (primary N) is 1. The van der Waals surface area contributed by atoms with E-state index < -0.39 is 80.7 Å². The number of hydrogen-bond acceptors (Lipinski definition) is 6. The van der Waals surface area contributed by atoms with Crippen LogP contribution in [0.25, 0.3) is 0 Å². The fraction of sp³-hybridized carbons (Fsp3) is 0.714. The van der Waals surface area contributed by atoms with Gasteiger partial charge >= 0.3 is 26.1 Å². The lowest BCUT2D eigenvalue weighted by molar-refractivity contribution is -0.267. The average Bonchev–Trinajstić information content (AvgIpc) is 2.57. The topological polar surface area (TPSA) is 148 Å². The second-order valence-electron chi connectivity index (χ2n) is 6.61. The first-order valence-corrected chi connectivity index (χ1v) is 9.87. The summed E-state index contributed by atoms with van der Waals surface area (Å²) in [4.78, 5) is 40.5. The highest BCUT2D eigenvalue weighted by atomic mass is 31.2. The predicted molar refractivity (Wildman–Crippen MR) is 87.0 cm³/mol. The van der Waals surface area contributed by atoms with Crippen LogP contribution in [0.3, 0.4) is 0 Å². The van der Waals surface area contributed by atoms with E-state index in [4.69, 9.17) is 15.5 Å². The molecule has 0 aromatic heterocycles. The van der Waals surface area contributed by atoms with Crippen molar-refractivity contribution in [3.63, 3.8) is 0 Å². The number of hydrogen-bond donors (Lipinski definition) is 4. The summed E-state index contributed by atoms with van der Waals surface area (Å²) in [6.07, 6.45) is -27.3. The Morgan fingerprint density at radius 3 is 2.00 bits per heavy atom. The van der Waals surface area contributed by atoms with Gasteiger partial charge in [0.2, 0.25) is 18.3 Å². The van der Waals surface area contributed by atoms with Gasteiger partial charge in [0.1, 0.15) is 6.10 Å². The number of phosphoric acid groups is 1. The van der Waals surface area contributed by atoms with Gasteiger partial charge in [-0.2, -0.15) is 26.3 Å². The Labute approximate surface area is 174 Å². The minimum Gasteiger partial charge on any atom is -0.367 e. The molecule has 0 aromatic rings. The van der Waals surface area contributed by atoms with Gasteiger partial charge in [-0.05, 0) is 12.5 Å². The fourth-order valence-electron chi connectivity index (χ4n) is 2.70.